The summed E-state index contributed by atoms with van der Waals surface area (Å²) < 4.78 is 0. The number of aromatic hydroxyl groups is 1. The van der Waals surface area contributed by atoms with Crippen molar-refractivity contribution in [3.05, 3.63) is 28.8 Å². The molecule has 1 aromatic carbocycles. The van der Waals surface area contributed by atoms with Crippen molar-refractivity contribution < 1.29 is 9.90 Å². The lowest BCUT2D eigenvalue weighted by Crippen LogP contribution is -2.13. The van der Waals surface area contributed by atoms with Crippen LogP contribution in [-0.4, -0.2) is 17.6 Å². The topological polar surface area (TPSA) is 49.3 Å². The Labute approximate surface area is 86.7 Å². The lowest BCUT2D eigenvalue weighted by atomic mass is 9.97. The largest absolute Gasteiger partial charge is 0.508 e. The van der Waals surface area contributed by atoms with Gasteiger partial charge in [-0.05, 0) is 17.7 Å². The fraction of sp³-hybridized carbons (Fsp3) is 0.300. The zero-order valence-corrected chi connectivity index (χ0v) is 8.21. The molecule has 4 heteroatoms. The number of carbonyl (C=O) groups excluding carboxylic acids is 1. The summed E-state index contributed by atoms with van der Waals surface area (Å²) in [5.41, 5.74) is 0.785. The molecule has 0 aliphatic carbocycles. The highest BCUT2D eigenvalue weighted by molar-refractivity contribution is 6.30. The zero-order chi connectivity index (χ0) is 10.1. The van der Waals surface area contributed by atoms with Crippen LogP contribution in [0.5, 0.6) is 5.75 Å². The second kappa shape index (κ2) is 3.50. The van der Waals surface area contributed by atoms with Gasteiger partial charge in [-0.3, -0.25) is 4.79 Å². The van der Waals surface area contributed by atoms with E-state index < -0.39 is 0 Å². The summed E-state index contributed by atoms with van der Waals surface area (Å²) in [6, 6.07) is 4.99. The van der Waals surface area contributed by atoms with Crippen molar-refractivity contribution in [3.8, 4) is 5.75 Å². The van der Waals surface area contributed by atoms with Crippen LogP contribution >= 0.6 is 11.6 Å². The van der Waals surface area contributed by atoms with Gasteiger partial charge in [-0.1, -0.05) is 17.7 Å². The molecule has 14 heavy (non-hydrogen) atoms. The Morgan fingerprint density at radius 3 is 2.86 bits per heavy atom. The molecule has 1 fully saturated rings. The van der Waals surface area contributed by atoms with Crippen LogP contribution in [-0.2, 0) is 4.79 Å². The van der Waals surface area contributed by atoms with E-state index in [1.165, 1.54) is 6.07 Å². The number of hydrogen-bond acceptors (Lipinski definition) is 2. The number of rotatable bonds is 1. The maximum atomic E-state index is 11.0. The maximum absolute atomic E-state index is 11.0. The minimum Gasteiger partial charge on any atom is -0.508 e. The number of halogens is 1. The van der Waals surface area contributed by atoms with E-state index in [0.717, 1.165) is 5.56 Å². The third-order valence-corrected chi connectivity index (χ3v) is 2.64. The number of phenolic OH excluding ortho intramolecular Hbond substituents is 1. The van der Waals surface area contributed by atoms with Crippen LogP contribution in [0.3, 0.4) is 0 Å². The van der Waals surface area contributed by atoms with Gasteiger partial charge in [0.25, 0.3) is 0 Å². The van der Waals surface area contributed by atoms with Crippen molar-refractivity contribution >= 4 is 17.5 Å². The van der Waals surface area contributed by atoms with Crippen molar-refractivity contribution in [2.24, 2.45) is 0 Å². The zero-order valence-electron chi connectivity index (χ0n) is 7.46. The first kappa shape index (κ1) is 9.34. The SMILES string of the molecule is O=C1CC(c2ccc(Cl)cc2O)CN1. The van der Waals surface area contributed by atoms with Gasteiger partial charge in [0.2, 0.25) is 5.91 Å². The molecule has 0 bridgehead atoms. The maximum Gasteiger partial charge on any atom is 0.220 e. The monoisotopic (exact) mass is 211 g/mol. The molecule has 1 aliphatic rings. The van der Waals surface area contributed by atoms with Crippen molar-refractivity contribution in [3.63, 3.8) is 0 Å². The molecule has 2 N–H and O–H groups in total. The normalized spacial score (nSPS) is 20.9. The van der Waals surface area contributed by atoms with Gasteiger partial charge in [-0.2, -0.15) is 0 Å². The summed E-state index contributed by atoms with van der Waals surface area (Å²) >= 11 is 5.71. The van der Waals surface area contributed by atoms with Gasteiger partial charge in [-0.25, -0.2) is 0 Å². The molecule has 1 saturated heterocycles. The first-order valence-electron chi connectivity index (χ1n) is 4.42. The molecule has 0 radical (unpaired) electrons. The fourth-order valence-electron chi connectivity index (χ4n) is 1.69. The van der Waals surface area contributed by atoms with Crippen molar-refractivity contribution in [1.29, 1.82) is 0 Å². The Balaban J connectivity index is 2.28. The molecule has 1 aliphatic heterocycles. The number of amides is 1. The smallest absolute Gasteiger partial charge is 0.220 e. The van der Waals surface area contributed by atoms with Gasteiger partial charge >= 0.3 is 0 Å². The molecule has 1 aromatic rings. The number of nitrogens with one attached hydrogen (secondary N) is 1. The van der Waals surface area contributed by atoms with E-state index in [9.17, 15) is 9.90 Å². The third kappa shape index (κ3) is 1.68. The quantitative estimate of drug-likeness (QED) is 0.742. The molecule has 0 saturated carbocycles. The van der Waals surface area contributed by atoms with E-state index in [1.807, 2.05) is 0 Å². The average Bonchev–Trinajstić information content (AvgIpc) is 2.51. The summed E-state index contributed by atoms with van der Waals surface area (Å²) in [5.74, 6) is 0.267. The van der Waals surface area contributed by atoms with Gasteiger partial charge in [0.1, 0.15) is 5.75 Å². The van der Waals surface area contributed by atoms with Crippen LogP contribution in [0.4, 0.5) is 0 Å². The second-order valence-electron chi connectivity index (χ2n) is 3.41. The molecule has 0 aromatic heterocycles. The fourth-order valence-corrected chi connectivity index (χ4v) is 1.85. The Morgan fingerprint density at radius 2 is 2.29 bits per heavy atom. The van der Waals surface area contributed by atoms with Gasteiger partial charge in [0.15, 0.2) is 0 Å². The summed E-state index contributed by atoms with van der Waals surface area (Å²) in [6.45, 7) is 0.591. The third-order valence-electron chi connectivity index (χ3n) is 2.41. The van der Waals surface area contributed by atoms with E-state index >= 15 is 0 Å². The molecule has 2 rings (SSSR count). The number of phenols is 1. The average molecular weight is 212 g/mol. The van der Waals surface area contributed by atoms with Crippen LogP contribution in [0.25, 0.3) is 0 Å². The van der Waals surface area contributed by atoms with Gasteiger partial charge in [0, 0.05) is 23.9 Å². The van der Waals surface area contributed by atoms with Crippen LogP contribution in [0.1, 0.15) is 17.9 Å². The molecular formula is C10H10ClNO2. The summed E-state index contributed by atoms with van der Waals surface area (Å²) in [7, 11) is 0. The summed E-state index contributed by atoms with van der Waals surface area (Å²) in [4.78, 5) is 11.0. The molecule has 3 nitrogen and oxygen atoms in total. The highest BCUT2D eigenvalue weighted by atomic mass is 35.5. The standard InChI is InChI=1S/C10H10ClNO2/c11-7-1-2-8(9(13)4-7)6-3-10(14)12-5-6/h1-2,4,6,13H,3,5H2,(H,12,14). The van der Waals surface area contributed by atoms with Crippen LogP contribution in [0.2, 0.25) is 5.02 Å². The van der Waals surface area contributed by atoms with E-state index in [-0.39, 0.29) is 17.6 Å². The molecule has 0 spiro atoms. The number of benzene rings is 1. The Morgan fingerprint density at radius 1 is 1.50 bits per heavy atom. The van der Waals surface area contributed by atoms with Gasteiger partial charge < -0.3 is 10.4 Å². The van der Waals surface area contributed by atoms with Crippen molar-refractivity contribution in [1.82, 2.24) is 5.32 Å². The molecule has 1 heterocycles. The first-order valence-corrected chi connectivity index (χ1v) is 4.79. The summed E-state index contributed by atoms with van der Waals surface area (Å²) in [5, 5.41) is 12.8. The van der Waals surface area contributed by atoms with Crippen LogP contribution in [0.15, 0.2) is 18.2 Å². The number of hydrogen-bond donors (Lipinski definition) is 2. The van der Waals surface area contributed by atoms with E-state index in [4.69, 9.17) is 11.6 Å². The predicted octanol–water partition coefficient (Wildman–Crippen LogP) is 1.65. The van der Waals surface area contributed by atoms with Crippen molar-refractivity contribution in [2.45, 2.75) is 12.3 Å². The van der Waals surface area contributed by atoms with Crippen LogP contribution < -0.4 is 5.32 Å². The Bertz CT molecular complexity index is 378. The highest BCUT2D eigenvalue weighted by Gasteiger charge is 2.24. The van der Waals surface area contributed by atoms with E-state index in [1.54, 1.807) is 12.1 Å². The summed E-state index contributed by atoms with van der Waals surface area (Å²) in [6.07, 6.45) is 0.440. The van der Waals surface area contributed by atoms with E-state index in [2.05, 4.69) is 5.32 Å². The van der Waals surface area contributed by atoms with E-state index in [0.29, 0.717) is 18.0 Å². The lowest BCUT2D eigenvalue weighted by Gasteiger charge is -2.09. The molecule has 74 valence electrons. The molecular weight excluding hydrogens is 202 g/mol. The van der Waals surface area contributed by atoms with Gasteiger partial charge in [0.05, 0.1) is 0 Å². The second-order valence-corrected chi connectivity index (χ2v) is 3.84. The Hall–Kier alpha value is -1.22. The van der Waals surface area contributed by atoms with Gasteiger partial charge in [-0.15, -0.1) is 0 Å². The number of carbonyl (C=O) groups is 1. The first-order chi connectivity index (χ1) is 6.66. The van der Waals surface area contributed by atoms with Crippen molar-refractivity contribution in [2.75, 3.05) is 6.54 Å². The van der Waals surface area contributed by atoms with Crippen LogP contribution in [0, 0.1) is 0 Å². The molecule has 1 unspecified atom stereocenters. The highest BCUT2D eigenvalue weighted by Crippen LogP contribution is 2.32. The minimum atomic E-state index is 0.0318. The Kier molecular flexibility index (Phi) is 2.33. The predicted molar refractivity (Wildman–Crippen MR) is 53.5 cm³/mol. The minimum absolute atomic E-state index is 0.0318. The lowest BCUT2D eigenvalue weighted by molar-refractivity contribution is -0.119. The molecule has 1 atom stereocenters. The molecule has 1 amide bonds.